The van der Waals surface area contributed by atoms with Crippen LogP contribution in [0.25, 0.3) is 0 Å². The van der Waals surface area contributed by atoms with Crippen LogP contribution in [0.1, 0.15) is 81.4 Å². The largest absolute Gasteiger partial charge is 0.377 e. The van der Waals surface area contributed by atoms with Crippen LogP contribution in [-0.2, 0) is 17.6 Å². The van der Waals surface area contributed by atoms with Crippen LogP contribution in [0.4, 0.5) is 0 Å². The number of hydrogen-bond donors (Lipinski definition) is 1. The molecule has 0 aliphatic heterocycles. The van der Waals surface area contributed by atoms with Gasteiger partial charge < -0.3 is 5.11 Å². The summed E-state index contributed by atoms with van der Waals surface area (Å²) in [7, 11) is 0. The zero-order chi connectivity index (χ0) is 21.6. The van der Waals surface area contributed by atoms with E-state index in [2.05, 4.69) is 38.0 Å². The molecular formula is C29H34O2. The molecule has 1 N–H and O–H groups in total. The smallest absolute Gasteiger partial charge is 0.155 e. The van der Waals surface area contributed by atoms with Crippen LogP contribution in [0, 0.1) is 40.9 Å². The minimum Gasteiger partial charge on any atom is -0.377 e. The van der Waals surface area contributed by atoms with E-state index in [-0.39, 0.29) is 10.8 Å². The molecule has 6 rings (SSSR count). The van der Waals surface area contributed by atoms with Crippen LogP contribution >= 0.6 is 0 Å². The molecule has 2 nitrogen and oxygen atoms in total. The predicted octanol–water partition coefficient (Wildman–Crippen LogP) is 5.37. The number of fused-ring (bicyclic) bond motifs is 4. The third-order valence-electron chi connectivity index (χ3n) is 10.6. The van der Waals surface area contributed by atoms with Gasteiger partial charge in [-0.1, -0.05) is 43.5 Å². The van der Waals surface area contributed by atoms with Crippen molar-refractivity contribution < 1.29 is 9.90 Å². The van der Waals surface area contributed by atoms with Crippen LogP contribution < -0.4 is 0 Å². The van der Waals surface area contributed by atoms with Crippen LogP contribution in [0.5, 0.6) is 0 Å². The van der Waals surface area contributed by atoms with Gasteiger partial charge >= 0.3 is 0 Å². The van der Waals surface area contributed by atoms with E-state index >= 15 is 0 Å². The first-order chi connectivity index (χ1) is 14.8. The highest BCUT2D eigenvalue weighted by Crippen LogP contribution is 2.72. The molecule has 31 heavy (non-hydrogen) atoms. The molecule has 162 valence electrons. The number of carbonyl (C=O) groups excluding carboxylic acids is 1. The Morgan fingerprint density at radius 1 is 1.23 bits per heavy atom. The maximum atomic E-state index is 12.4. The second-order valence-corrected chi connectivity index (χ2v) is 11.5. The molecule has 2 heteroatoms. The van der Waals surface area contributed by atoms with Crippen LogP contribution in [0.2, 0.25) is 0 Å². The van der Waals surface area contributed by atoms with Crippen LogP contribution in [0.3, 0.4) is 0 Å². The Kier molecular flexibility index (Phi) is 4.06. The van der Waals surface area contributed by atoms with Gasteiger partial charge in [0.25, 0.3) is 0 Å². The normalized spacial score (nSPS) is 45.0. The fourth-order valence-electron chi connectivity index (χ4n) is 9.13. The Labute approximate surface area is 186 Å². The number of rotatable bonds is 1. The van der Waals surface area contributed by atoms with Crippen LogP contribution in [0.15, 0.2) is 29.8 Å². The van der Waals surface area contributed by atoms with Crippen molar-refractivity contribution >= 4 is 5.78 Å². The molecule has 0 radical (unpaired) electrons. The van der Waals surface area contributed by atoms with Crippen molar-refractivity contribution in [1.82, 2.24) is 0 Å². The Morgan fingerprint density at radius 3 is 2.84 bits per heavy atom. The SMILES string of the molecule is C#C[C@]1(O)CC[C@H]2[C@@H]3CCC4=CC(=O)CC[C@@]45Cc4cc(CC)ccc4C(C[C@@]21C)C35. The zero-order valence-corrected chi connectivity index (χ0v) is 18.9. The average Bonchev–Trinajstić information content (AvgIpc) is 3.04. The van der Waals surface area contributed by atoms with E-state index in [0.29, 0.717) is 35.9 Å². The third kappa shape index (κ3) is 2.37. The maximum absolute atomic E-state index is 12.4. The Hall–Kier alpha value is -1.85. The van der Waals surface area contributed by atoms with Gasteiger partial charge in [0.05, 0.1) is 0 Å². The van der Waals surface area contributed by atoms with E-state index < -0.39 is 5.60 Å². The van der Waals surface area contributed by atoms with E-state index in [1.807, 2.05) is 6.08 Å². The van der Waals surface area contributed by atoms with Gasteiger partial charge in [0.2, 0.25) is 0 Å². The van der Waals surface area contributed by atoms with E-state index in [9.17, 15) is 9.90 Å². The molecule has 0 bridgehead atoms. The first-order valence-corrected chi connectivity index (χ1v) is 12.4. The van der Waals surface area contributed by atoms with Crippen LogP contribution in [-0.4, -0.2) is 16.5 Å². The van der Waals surface area contributed by atoms with E-state index in [1.165, 1.54) is 22.3 Å². The minimum atomic E-state index is -0.991. The number of aliphatic hydroxyl groups is 1. The van der Waals surface area contributed by atoms with Gasteiger partial charge in [-0.3, -0.25) is 4.79 Å². The highest BCUT2D eigenvalue weighted by atomic mass is 16.3. The van der Waals surface area contributed by atoms with Crippen molar-refractivity contribution in [3.05, 3.63) is 46.5 Å². The molecule has 7 atom stereocenters. The lowest BCUT2D eigenvalue weighted by Gasteiger charge is -2.64. The highest BCUT2D eigenvalue weighted by molar-refractivity contribution is 5.91. The molecule has 2 unspecified atom stereocenters. The van der Waals surface area contributed by atoms with Gasteiger partial charge in [0.1, 0.15) is 5.60 Å². The Morgan fingerprint density at radius 2 is 2.06 bits per heavy atom. The second kappa shape index (κ2) is 6.35. The molecular weight excluding hydrogens is 380 g/mol. The molecule has 1 spiro atoms. The summed E-state index contributed by atoms with van der Waals surface area (Å²) < 4.78 is 0. The molecule has 1 aromatic carbocycles. The van der Waals surface area contributed by atoms with Crippen molar-refractivity contribution in [2.24, 2.45) is 28.6 Å². The van der Waals surface area contributed by atoms with Gasteiger partial charge in [0, 0.05) is 11.8 Å². The van der Waals surface area contributed by atoms with Crippen molar-refractivity contribution in [3.63, 3.8) is 0 Å². The lowest BCUT2D eigenvalue weighted by Crippen LogP contribution is -2.59. The van der Waals surface area contributed by atoms with Crippen molar-refractivity contribution in [1.29, 1.82) is 0 Å². The predicted molar refractivity (Wildman–Crippen MR) is 122 cm³/mol. The molecule has 0 heterocycles. The molecule has 1 aromatic rings. The molecule has 5 aliphatic carbocycles. The Balaban J connectivity index is 1.57. The number of benzene rings is 1. The third-order valence-corrected chi connectivity index (χ3v) is 10.6. The van der Waals surface area contributed by atoms with E-state index in [4.69, 9.17) is 6.42 Å². The molecule has 0 aromatic heterocycles. The van der Waals surface area contributed by atoms with Crippen molar-refractivity contribution in [3.8, 4) is 12.3 Å². The molecule has 3 saturated carbocycles. The standard InChI is InChI=1S/C29H34O2/c1-4-18-6-8-22-19(14-18)16-28-12-10-21(30)15-20(28)7-9-23-25-11-13-29(31,5-2)27(25,3)17-24(22)26(23)28/h2,6,8,14-15,23-26,31H,4,7,9-13,16-17H2,1,3H3/t23-,24?,25-,26?,27-,28+,29-/m0/s1. The molecule has 3 fully saturated rings. The summed E-state index contributed by atoms with van der Waals surface area (Å²) >= 11 is 0. The molecule has 0 saturated heterocycles. The van der Waals surface area contributed by atoms with Crippen molar-refractivity contribution in [2.75, 3.05) is 0 Å². The number of aryl methyl sites for hydroxylation is 1. The van der Waals surface area contributed by atoms with Gasteiger partial charge in [-0.25, -0.2) is 0 Å². The summed E-state index contributed by atoms with van der Waals surface area (Å²) in [6, 6.07) is 7.14. The summed E-state index contributed by atoms with van der Waals surface area (Å²) in [4.78, 5) is 12.4. The fourth-order valence-corrected chi connectivity index (χ4v) is 9.13. The lowest BCUT2D eigenvalue weighted by molar-refractivity contribution is -0.126. The first-order valence-electron chi connectivity index (χ1n) is 12.4. The summed E-state index contributed by atoms with van der Waals surface area (Å²) in [6.45, 7) is 4.52. The maximum Gasteiger partial charge on any atom is 0.155 e. The fraction of sp³-hybridized carbons (Fsp3) is 0.621. The van der Waals surface area contributed by atoms with Gasteiger partial charge in [0.15, 0.2) is 5.78 Å². The topological polar surface area (TPSA) is 37.3 Å². The average molecular weight is 415 g/mol. The number of carbonyl (C=O) groups is 1. The number of ketones is 1. The van der Waals surface area contributed by atoms with E-state index in [0.717, 1.165) is 51.4 Å². The second-order valence-electron chi connectivity index (χ2n) is 11.5. The van der Waals surface area contributed by atoms with Gasteiger partial charge in [-0.15, -0.1) is 6.42 Å². The number of terminal acetylenes is 1. The monoisotopic (exact) mass is 414 g/mol. The number of allylic oxidation sites excluding steroid dienone is 1. The lowest BCUT2D eigenvalue weighted by atomic mass is 9.39. The molecule has 5 aliphatic rings. The highest BCUT2D eigenvalue weighted by Gasteiger charge is 2.68. The zero-order valence-electron chi connectivity index (χ0n) is 18.9. The minimum absolute atomic E-state index is 0.138. The summed E-state index contributed by atoms with van der Waals surface area (Å²) in [6.07, 6.45) is 16.8. The van der Waals surface area contributed by atoms with Gasteiger partial charge in [-0.2, -0.15) is 0 Å². The number of hydrogen-bond acceptors (Lipinski definition) is 2. The Bertz CT molecular complexity index is 1040. The van der Waals surface area contributed by atoms with Crippen molar-refractivity contribution in [2.45, 2.75) is 83.2 Å². The first kappa shape index (κ1) is 19.8. The summed E-state index contributed by atoms with van der Waals surface area (Å²) in [5.41, 5.74) is 4.76. The van der Waals surface area contributed by atoms with E-state index in [1.54, 1.807) is 0 Å². The molecule has 0 amide bonds. The quantitative estimate of drug-likeness (QED) is 0.627. The van der Waals surface area contributed by atoms with Gasteiger partial charge in [-0.05, 0) is 103 Å². The summed E-state index contributed by atoms with van der Waals surface area (Å²) in [5.74, 6) is 5.27. The summed E-state index contributed by atoms with van der Waals surface area (Å²) in [5, 5.41) is 11.5.